The molecule has 0 unspecified atom stereocenters. The van der Waals surface area contributed by atoms with Crippen LogP contribution in [0.1, 0.15) is 19.4 Å². The number of alkyl halides is 3. The molecule has 0 N–H and O–H groups in total. The Balaban J connectivity index is 2.52. The minimum atomic E-state index is -4.47. The predicted octanol–water partition coefficient (Wildman–Crippen LogP) is 3.81. The SMILES string of the molecule is CC(C)COCCOc1cc(C(F)(F)F)cc(Cl)n1. The van der Waals surface area contributed by atoms with Crippen molar-refractivity contribution in [2.45, 2.75) is 20.0 Å². The second-order valence-electron chi connectivity index (χ2n) is 4.33. The molecule has 0 atom stereocenters. The van der Waals surface area contributed by atoms with E-state index in [4.69, 9.17) is 21.1 Å². The molecule has 1 aromatic heterocycles. The molecule has 7 heteroatoms. The molecular weight excluding hydrogens is 283 g/mol. The second kappa shape index (κ2) is 6.96. The van der Waals surface area contributed by atoms with Gasteiger partial charge in [-0.15, -0.1) is 0 Å². The van der Waals surface area contributed by atoms with Crippen LogP contribution in [-0.4, -0.2) is 24.8 Å². The highest BCUT2D eigenvalue weighted by Crippen LogP contribution is 2.32. The Hall–Kier alpha value is -1.01. The van der Waals surface area contributed by atoms with Gasteiger partial charge >= 0.3 is 6.18 Å². The van der Waals surface area contributed by atoms with Crippen LogP contribution in [0.15, 0.2) is 12.1 Å². The van der Waals surface area contributed by atoms with Gasteiger partial charge in [0.05, 0.1) is 12.2 Å². The van der Waals surface area contributed by atoms with E-state index in [9.17, 15) is 13.2 Å². The zero-order chi connectivity index (χ0) is 14.5. The highest BCUT2D eigenvalue weighted by atomic mass is 35.5. The Bertz CT molecular complexity index is 410. The summed E-state index contributed by atoms with van der Waals surface area (Å²) in [7, 11) is 0. The van der Waals surface area contributed by atoms with Crippen LogP contribution in [0.2, 0.25) is 5.15 Å². The van der Waals surface area contributed by atoms with E-state index in [1.54, 1.807) is 0 Å². The molecule has 1 heterocycles. The molecule has 0 aliphatic heterocycles. The highest BCUT2D eigenvalue weighted by molar-refractivity contribution is 6.29. The molecular formula is C12H15ClF3NO2. The van der Waals surface area contributed by atoms with Crippen molar-refractivity contribution in [3.8, 4) is 5.88 Å². The Morgan fingerprint density at radius 2 is 1.95 bits per heavy atom. The first-order chi connectivity index (χ1) is 8.79. The molecule has 0 saturated carbocycles. The van der Waals surface area contributed by atoms with Crippen LogP contribution in [-0.2, 0) is 10.9 Å². The lowest BCUT2D eigenvalue weighted by atomic mass is 10.2. The molecule has 0 amide bonds. The maximum atomic E-state index is 12.5. The number of ether oxygens (including phenoxy) is 2. The van der Waals surface area contributed by atoms with Gasteiger partial charge in [0.2, 0.25) is 5.88 Å². The maximum absolute atomic E-state index is 12.5. The standard InChI is InChI=1S/C12H15ClF3NO2/c1-8(2)7-18-3-4-19-11-6-9(12(14,15)16)5-10(13)17-11/h5-6,8H,3-4,7H2,1-2H3. The van der Waals surface area contributed by atoms with Gasteiger partial charge in [0.1, 0.15) is 11.8 Å². The lowest BCUT2D eigenvalue weighted by molar-refractivity contribution is -0.137. The van der Waals surface area contributed by atoms with Crippen LogP contribution < -0.4 is 4.74 Å². The summed E-state index contributed by atoms with van der Waals surface area (Å²) in [5.74, 6) is 0.231. The fourth-order valence-corrected chi connectivity index (χ4v) is 1.44. The van der Waals surface area contributed by atoms with Crippen LogP contribution >= 0.6 is 11.6 Å². The number of rotatable bonds is 6. The lowest BCUT2D eigenvalue weighted by Gasteiger charge is -2.11. The smallest absolute Gasteiger partial charge is 0.416 e. The summed E-state index contributed by atoms with van der Waals surface area (Å²) >= 11 is 5.52. The van der Waals surface area contributed by atoms with E-state index in [0.717, 1.165) is 12.1 Å². The minimum Gasteiger partial charge on any atom is -0.475 e. The number of pyridine rings is 1. The largest absolute Gasteiger partial charge is 0.475 e. The van der Waals surface area contributed by atoms with Crippen molar-refractivity contribution in [1.29, 1.82) is 0 Å². The van der Waals surface area contributed by atoms with E-state index in [1.165, 1.54) is 0 Å². The van der Waals surface area contributed by atoms with E-state index in [0.29, 0.717) is 12.5 Å². The third-order valence-corrected chi connectivity index (χ3v) is 2.22. The molecule has 1 rings (SSSR count). The van der Waals surface area contributed by atoms with Crippen molar-refractivity contribution >= 4 is 11.6 Å². The van der Waals surface area contributed by atoms with Crippen LogP contribution in [0, 0.1) is 5.92 Å². The fourth-order valence-electron chi connectivity index (χ4n) is 1.23. The first-order valence-electron chi connectivity index (χ1n) is 5.74. The van der Waals surface area contributed by atoms with Gasteiger partial charge in [-0.3, -0.25) is 0 Å². The van der Waals surface area contributed by atoms with E-state index in [1.807, 2.05) is 13.8 Å². The van der Waals surface area contributed by atoms with Crippen molar-refractivity contribution < 1.29 is 22.6 Å². The predicted molar refractivity (Wildman–Crippen MR) is 65.4 cm³/mol. The zero-order valence-electron chi connectivity index (χ0n) is 10.6. The van der Waals surface area contributed by atoms with Gasteiger partial charge in [-0.25, -0.2) is 4.98 Å². The van der Waals surface area contributed by atoms with Crippen molar-refractivity contribution in [1.82, 2.24) is 4.98 Å². The van der Waals surface area contributed by atoms with Gasteiger partial charge in [-0.1, -0.05) is 25.4 Å². The van der Waals surface area contributed by atoms with Crippen LogP contribution in [0.3, 0.4) is 0 Å². The van der Waals surface area contributed by atoms with Crippen molar-refractivity contribution in [2.24, 2.45) is 5.92 Å². The summed E-state index contributed by atoms with van der Waals surface area (Å²) < 4.78 is 47.9. The van der Waals surface area contributed by atoms with Gasteiger partial charge in [-0.2, -0.15) is 13.2 Å². The minimum absolute atomic E-state index is 0.122. The first-order valence-corrected chi connectivity index (χ1v) is 6.12. The second-order valence-corrected chi connectivity index (χ2v) is 4.72. The molecule has 0 aliphatic rings. The lowest BCUT2D eigenvalue weighted by Crippen LogP contribution is -2.12. The average molecular weight is 298 g/mol. The van der Waals surface area contributed by atoms with E-state index < -0.39 is 11.7 Å². The molecule has 0 spiro atoms. The van der Waals surface area contributed by atoms with Crippen molar-refractivity contribution in [3.63, 3.8) is 0 Å². The molecule has 0 saturated heterocycles. The summed E-state index contributed by atoms with van der Waals surface area (Å²) in [4.78, 5) is 3.67. The van der Waals surface area contributed by atoms with Gasteiger partial charge in [0, 0.05) is 12.7 Å². The number of halogens is 4. The van der Waals surface area contributed by atoms with Crippen molar-refractivity contribution in [2.75, 3.05) is 19.8 Å². The number of hydrogen-bond donors (Lipinski definition) is 0. The van der Waals surface area contributed by atoms with Crippen LogP contribution in [0.25, 0.3) is 0 Å². The van der Waals surface area contributed by atoms with E-state index >= 15 is 0 Å². The Morgan fingerprint density at radius 1 is 1.26 bits per heavy atom. The van der Waals surface area contributed by atoms with Gasteiger partial charge in [-0.05, 0) is 12.0 Å². The average Bonchev–Trinajstić information content (AvgIpc) is 2.26. The normalized spacial score (nSPS) is 11.9. The molecule has 1 aromatic rings. The van der Waals surface area contributed by atoms with E-state index in [2.05, 4.69) is 4.98 Å². The quantitative estimate of drug-likeness (QED) is 0.591. The van der Waals surface area contributed by atoms with Crippen molar-refractivity contribution in [3.05, 3.63) is 22.8 Å². The first kappa shape index (κ1) is 16.0. The number of hydrogen-bond acceptors (Lipinski definition) is 3. The fraction of sp³-hybridized carbons (Fsp3) is 0.583. The molecule has 0 radical (unpaired) electrons. The molecule has 3 nitrogen and oxygen atoms in total. The Kier molecular flexibility index (Phi) is 5.87. The third kappa shape index (κ3) is 6.11. The molecule has 0 aliphatic carbocycles. The summed E-state index contributed by atoms with van der Waals surface area (Å²) in [5.41, 5.74) is -0.884. The topological polar surface area (TPSA) is 31.4 Å². The molecule has 19 heavy (non-hydrogen) atoms. The monoisotopic (exact) mass is 297 g/mol. The summed E-state index contributed by atoms with van der Waals surface area (Å²) in [5, 5.41) is -0.257. The molecule has 108 valence electrons. The molecule has 0 aromatic carbocycles. The maximum Gasteiger partial charge on any atom is 0.416 e. The third-order valence-electron chi connectivity index (χ3n) is 2.03. The zero-order valence-corrected chi connectivity index (χ0v) is 11.4. The summed E-state index contributed by atoms with van der Waals surface area (Å²) in [6.07, 6.45) is -4.47. The van der Waals surface area contributed by atoms with Gasteiger partial charge < -0.3 is 9.47 Å². The summed E-state index contributed by atoms with van der Waals surface area (Å²) in [6.45, 7) is 4.97. The van der Waals surface area contributed by atoms with Gasteiger partial charge in [0.15, 0.2) is 0 Å². The van der Waals surface area contributed by atoms with E-state index in [-0.39, 0.29) is 24.2 Å². The number of nitrogens with zero attached hydrogens (tertiary/aromatic N) is 1. The Labute approximate surface area is 114 Å². The van der Waals surface area contributed by atoms with Gasteiger partial charge in [0.25, 0.3) is 0 Å². The highest BCUT2D eigenvalue weighted by Gasteiger charge is 2.31. The van der Waals surface area contributed by atoms with Crippen LogP contribution in [0.5, 0.6) is 5.88 Å². The molecule has 0 fully saturated rings. The molecule has 0 bridgehead atoms. The summed E-state index contributed by atoms with van der Waals surface area (Å²) in [6, 6.07) is 1.57. The van der Waals surface area contributed by atoms with Crippen LogP contribution in [0.4, 0.5) is 13.2 Å². The number of aromatic nitrogens is 1. The Morgan fingerprint density at radius 3 is 2.53 bits per heavy atom.